The van der Waals surface area contributed by atoms with Crippen molar-refractivity contribution in [1.82, 2.24) is 5.32 Å². The number of nitrogens with one attached hydrogen (secondary N) is 2. The van der Waals surface area contributed by atoms with E-state index in [0.717, 1.165) is 0 Å². The molecule has 7 nitrogen and oxygen atoms in total. The van der Waals surface area contributed by atoms with Gasteiger partial charge in [-0.1, -0.05) is 12.1 Å². The van der Waals surface area contributed by atoms with Gasteiger partial charge in [0.2, 0.25) is 0 Å². The number of carbonyl (C=O) groups is 2. The van der Waals surface area contributed by atoms with Crippen molar-refractivity contribution in [3.05, 3.63) is 29.8 Å². The number of amides is 1. The van der Waals surface area contributed by atoms with Crippen molar-refractivity contribution in [2.24, 2.45) is 5.11 Å². The number of benzene rings is 1. The van der Waals surface area contributed by atoms with E-state index >= 15 is 0 Å². The molecule has 0 aliphatic carbocycles. The van der Waals surface area contributed by atoms with Crippen LogP contribution in [0.4, 0.5) is 10.5 Å². The molecule has 1 atom stereocenters. The summed E-state index contributed by atoms with van der Waals surface area (Å²) in [6, 6.07) is 5.46. The van der Waals surface area contributed by atoms with Gasteiger partial charge in [0, 0.05) is 6.42 Å². The van der Waals surface area contributed by atoms with Gasteiger partial charge in [0.1, 0.15) is 11.6 Å². The Balaban J connectivity index is 2.71. The van der Waals surface area contributed by atoms with Crippen molar-refractivity contribution in [3.63, 3.8) is 0 Å². The number of hydrogen-bond acceptors (Lipinski definition) is 5. The molecule has 0 aliphatic heterocycles. The standard InChI is InChI=1S/C14H19N3O4/c1-14(2,3)21-13(20)16-11(12(18)19)8-9-4-6-10(17-15)7-5-9/h4-7,11,15H,8H2,1-3H3,(H,16,20)(H,18,19)/t11-/m0/s1. The third-order valence-corrected chi connectivity index (χ3v) is 2.49. The van der Waals surface area contributed by atoms with Crippen LogP contribution >= 0.6 is 0 Å². The van der Waals surface area contributed by atoms with Crippen LogP contribution in [-0.2, 0) is 16.0 Å². The molecule has 0 unspecified atom stereocenters. The van der Waals surface area contributed by atoms with Crippen LogP contribution in [0.25, 0.3) is 0 Å². The lowest BCUT2D eigenvalue weighted by Gasteiger charge is -2.22. The maximum absolute atomic E-state index is 11.6. The van der Waals surface area contributed by atoms with Gasteiger partial charge in [-0.3, -0.25) is 0 Å². The first-order valence-corrected chi connectivity index (χ1v) is 6.40. The third kappa shape index (κ3) is 6.03. The van der Waals surface area contributed by atoms with Gasteiger partial charge in [0.25, 0.3) is 0 Å². The summed E-state index contributed by atoms with van der Waals surface area (Å²) in [7, 11) is 0. The van der Waals surface area contributed by atoms with Gasteiger partial charge in [-0.2, -0.15) is 5.11 Å². The Bertz CT molecular complexity index is 520. The molecule has 1 rings (SSSR count). The molecule has 0 saturated heterocycles. The molecule has 1 amide bonds. The molecule has 0 aromatic heterocycles. The molecule has 0 radical (unpaired) electrons. The van der Waals surface area contributed by atoms with E-state index in [1.54, 1.807) is 45.0 Å². The summed E-state index contributed by atoms with van der Waals surface area (Å²) in [6.45, 7) is 5.10. The summed E-state index contributed by atoms with van der Waals surface area (Å²) < 4.78 is 5.04. The summed E-state index contributed by atoms with van der Waals surface area (Å²) in [5.41, 5.74) is 7.36. The second-order valence-corrected chi connectivity index (χ2v) is 5.52. The Morgan fingerprint density at radius 1 is 1.33 bits per heavy atom. The predicted octanol–water partition coefficient (Wildman–Crippen LogP) is 2.87. The molecule has 1 aromatic carbocycles. The van der Waals surface area contributed by atoms with Gasteiger partial charge in [0.15, 0.2) is 0 Å². The smallest absolute Gasteiger partial charge is 0.408 e. The molecule has 21 heavy (non-hydrogen) atoms. The molecule has 0 saturated carbocycles. The normalized spacial score (nSPS) is 12.3. The number of ether oxygens (including phenoxy) is 1. The summed E-state index contributed by atoms with van der Waals surface area (Å²) in [5, 5.41) is 14.8. The fraction of sp³-hybridized carbons (Fsp3) is 0.429. The van der Waals surface area contributed by atoms with E-state index < -0.39 is 23.7 Å². The summed E-state index contributed by atoms with van der Waals surface area (Å²) in [4.78, 5) is 22.8. The van der Waals surface area contributed by atoms with E-state index in [1.165, 1.54) is 0 Å². The number of aliphatic carboxylic acids is 1. The molecule has 0 bridgehead atoms. The average Bonchev–Trinajstić information content (AvgIpc) is 2.36. The maximum atomic E-state index is 11.6. The van der Waals surface area contributed by atoms with Crippen molar-refractivity contribution in [2.45, 2.75) is 38.8 Å². The largest absolute Gasteiger partial charge is 0.480 e. The van der Waals surface area contributed by atoms with Gasteiger partial charge in [-0.05, 0) is 38.5 Å². The zero-order valence-electron chi connectivity index (χ0n) is 12.2. The average molecular weight is 293 g/mol. The van der Waals surface area contributed by atoms with Gasteiger partial charge in [0.05, 0.1) is 5.69 Å². The summed E-state index contributed by atoms with van der Waals surface area (Å²) in [6.07, 6.45) is -0.653. The van der Waals surface area contributed by atoms with E-state index in [-0.39, 0.29) is 6.42 Å². The van der Waals surface area contributed by atoms with Gasteiger partial charge in [-0.15, -0.1) is 0 Å². The van der Waals surface area contributed by atoms with Crippen molar-refractivity contribution >= 4 is 17.7 Å². The summed E-state index contributed by atoms with van der Waals surface area (Å²) >= 11 is 0. The molecule has 1 aromatic rings. The second-order valence-electron chi connectivity index (χ2n) is 5.52. The fourth-order valence-corrected chi connectivity index (χ4v) is 1.59. The Hall–Kier alpha value is -2.44. The fourth-order valence-electron chi connectivity index (χ4n) is 1.59. The van der Waals surface area contributed by atoms with Gasteiger partial charge >= 0.3 is 12.1 Å². The number of hydrogen-bond donors (Lipinski definition) is 3. The monoisotopic (exact) mass is 293 g/mol. The number of alkyl carbamates (subject to hydrolysis) is 1. The van der Waals surface area contributed by atoms with Crippen molar-refractivity contribution in [1.29, 1.82) is 5.53 Å². The Labute approximate surface area is 122 Å². The molecule has 0 fully saturated rings. The second kappa shape index (κ2) is 6.83. The van der Waals surface area contributed by atoms with Crippen molar-refractivity contribution in [3.8, 4) is 0 Å². The van der Waals surface area contributed by atoms with Crippen LogP contribution in [0.1, 0.15) is 26.3 Å². The molecule has 114 valence electrons. The highest BCUT2D eigenvalue weighted by Crippen LogP contribution is 2.14. The Morgan fingerprint density at radius 3 is 2.33 bits per heavy atom. The van der Waals surface area contributed by atoms with E-state index in [4.69, 9.17) is 15.4 Å². The van der Waals surface area contributed by atoms with Crippen LogP contribution in [0.5, 0.6) is 0 Å². The Morgan fingerprint density at radius 2 is 1.90 bits per heavy atom. The first-order valence-electron chi connectivity index (χ1n) is 6.40. The van der Waals surface area contributed by atoms with E-state index in [0.29, 0.717) is 11.3 Å². The molecular weight excluding hydrogens is 274 g/mol. The van der Waals surface area contributed by atoms with Crippen molar-refractivity contribution in [2.75, 3.05) is 0 Å². The van der Waals surface area contributed by atoms with Crippen molar-refractivity contribution < 1.29 is 19.4 Å². The predicted molar refractivity (Wildman–Crippen MR) is 75.7 cm³/mol. The first-order chi connectivity index (χ1) is 9.71. The lowest BCUT2D eigenvalue weighted by atomic mass is 10.1. The quantitative estimate of drug-likeness (QED) is 0.724. The van der Waals surface area contributed by atoms with Gasteiger partial charge in [-0.25, -0.2) is 15.1 Å². The van der Waals surface area contributed by atoms with Crippen LogP contribution in [-0.4, -0.2) is 28.8 Å². The molecule has 7 heteroatoms. The highest BCUT2D eigenvalue weighted by Gasteiger charge is 2.24. The maximum Gasteiger partial charge on any atom is 0.408 e. The zero-order valence-corrected chi connectivity index (χ0v) is 12.2. The number of carboxylic acid groups (broad SMARTS) is 1. The van der Waals surface area contributed by atoms with E-state index in [9.17, 15) is 9.59 Å². The molecule has 3 N–H and O–H groups in total. The van der Waals surface area contributed by atoms with E-state index in [2.05, 4.69) is 10.4 Å². The van der Waals surface area contributed by atoms with E-state index in [1.807, 2.05) is 0 Å². The molecule has 0 spiro atoms. The number of nitrogens with zero attached hydrogens (tertiary/aromatic N) is 1. The first kappa shape index (κ1) is 16.6. The molecule has 0 aliphatic rings. The minimum absolute atomic E-state index is 0.118. The van der Waals surface area contributed by atoms with Gasteiger partial charge < -0.3 is 15.2 Å². The zero-order chi connectivity index (χ0) is 16.0. The SMILES string of the molecule is CC(C)(C)OC(=O)N[C@@H](Cc1ccc(N=N)cc1)C(=O)O. The van der Waals surface area contributed by atoms with Crippen LogP contribution in [0, 0.1) is 5.53 Å². The highest BCUT2D eigenvalue weighted by molar-refractivity contribution is 5.80. The lowest BCUT2D eigenvalue weighted by molar-refractivity contribution is -0.139. The third-order valence-electron chi connectivity index (χ3n) is 2.49. The number of rotatable bonds is 5. The van der Waals surface area contributed by atoms with Crippen LogP contribution in [0.2, 0.25) is 0 Å². The lowest BCUT2D eigenvalue weighted by Crippen LogP contribution is -2.44. The summed E-state index contributed by atoms with van der Waals surface area (Å²) in [5.74, 6) is -1.14. The molecule has 0 heterocycles. The van der Waals surface area contributed by atoms with Crippen LogP contribution < -0.4 is 5.32 Å². The number of carbonyl (C=O) groups excluding carboxylic acids is 1. The van der Waals surface area contributed by atoms with Crippen LogP contribution in [0.15, 0.2) is 29.4 Å². The minimum atomic E-state index is -1.14. The highest BCUT2D eigenvalue weighted by atomic mass is 16.6. The minimum Gasteiger partial charge on any atom is -0.480 e. The molecular formula is C14H19N3O4. The number of carboxylic acids is 1. The Kier molecular flexibility index (Phi) is 5.40. The topological polar surface area (TPSA) is 112 Å². The van der Waals surface area contributed by atoms with Crippen LogP contribution in [0.3, 0.4) is 0 Å².